The molecule has 0 saturated heterocycles. The van der Waals surface area contributed by atoms with Crippen LogP contribution in [-0.2, 0) is 14.4 Å². The van der Waals surface area contributed by atoms with Crippen LogP contribution in [0.3, 0.4) is 0 Å². The number of nitrogens with two attached hydrogens (primary N) is 1. The first kappa shape index (κ1) is 19.2. The topological polar surface area (TPSA) is 70.8 Å². The quantitative estimate of drug-likeness (QED) is 0.531. The molecule has 1 heterocycles. The second-order valence-electron chi connectivity index (χ2n) is 7.03. The first-order valence-electron chi connectivity index (χ1n) is 9.53. The number of fused-ring (bicyclic) bond motifs is 1. The van der Waals surface area contributed by atoms with Gasteiger partial charge in [0.2, 0.25) is 0 Å². The SMILES string of the molecule is COC(=O)[C@H]1C(ON)c2ccccc2O[C@@H](c2ccccc2)[C@@H]1c1ccccc1. The number of esters is 1. The lowest BCUT2D eigenvalue weighted by Gasteiger charge is -2.32. The van der Waals surface area contributed by atoms with Crippen LogP contribution >= 0.6 is 0 Å². The van der Waals surface area contributed by atoms with E-state index in [1.165, 1.54) is 7.11 Å². The first-order valence-corrected chi connectivity index (χ1v) is 9.53. The molecule has 0 aromatic heterocycles. The third-order valence-electron chi connectivity index (χ3n) is 5.45. The van der Waals surface area contributed by atoms with E-state index < -0.39 is 24.1 Å². The van der Waals surface area contributed by atoms with Crippen LogP contribution in [0.2, 0.25) is 0 Å². The zero-order valence-electron chi connectivity index (χ0n) is 16.1. The molecule has 1 aliphatic rings. The maximum Gasteiger partial charge on any atom is 0.312 e. The van der Waals surface area contributed by atoms with Crippen molar-refractivity contribution in [2.75, 3.05) is 7.11 Å². The van der Waals surface area contributed by atoms with Crippen LogP contribution in [0.1, 0.15) is 34.8 Å². The standard InChI is InChI=1S/C24H23NO4/c1-27-24(26)21-20(16-10-4-2-5-11-16)22(17-12-6-3-7-13-17)28-19-15-9-8-14-18(19)23(21)29-25/h2-15,20-23H,25H2,1H3/t20-,21-,22+,23?/m1/s1. The Morgan fingerprint density at radius 2 is 1.45 bits per heavy atom. The summed E-state index contributed by atoms with van der Waals surface area (Å²) in [7, 11) is 1.38. The molecule has 29 heavy (non-hydrogen) atoms. The molecule has 0 fully saturated rings. The fourth-order valence-electron chi connectivity index (χ4n) is 4.14. The van der Waals surface area contributed by atoms with Gasteiger partial charge in [-0.05, 0) is 17.2 Å². The van der Waals surface area contributed by atoms with Crippen LogP contribution in [0.4, 0.5) is 0 Å². The molecular weight excluding hydrogens is 366 g/mol. The highest BCUT2D eigenvalue weighted by Gasteiger charge is 2.47. The van der Waals surface area contributed by atoms with Crippen molar-refractivity contribution < 1.29 is 19.1 Å². The Bertz CT molecular complexity index is 961. The highest BCUT2D eigenvalue weighted by Crippen LogP contribution is 2.50. The second kappa shape index (κ2) is 8.47. The monoisotopic (exact) mass is 389 g/mol. The average Bonchev–Trinajstić information content (AvgIpc) is 2.94. The normalized spacial score (nSPS) is 23.4. The van der Waals surface area contributed by atoms with E-state index in [1.807, 2.05) is 84.9 Å². The molecule has 0 radical (unpaired) electrons. The summed E-state index contributed by atoms with van der Waals surface area (Å²) in [5.41, 5.74) is 2.64. The van der Waals surface area contributed by atoms with Gasteiger partial charge in [0, 0.05) is 11.5 Å². The maximum absolute atomic E-state index is 13.0. The molecule has 3 aromatic rings. The number of ether oxygens (including phenoxy) is 2. The van der Waals surface area contributed by atoms with Gasteiger partial charge in [0.1, 0.15) is 23.9 Å². The molecule has 0 bridgehead atoms. The minimum Gasteiger partial charge on any atom is -0.485 e. The summed E-state index contributed by atoms with van der Waals surface area (Å²) in [5.74, 6) is 4.92. The van der Waals surface area contributed by atoms with Crippen molar-refractivity contribution in [2.24, 2.45) is 11.8 Å². The summed E-state index contributed by atoms with van der Waals surface area (Å²) in [6.45, 7) is 0. The number of hydrogen-bond donors (Lipinski definition) is 1. The lowest BCUT2D eigenvalue weighted by Crippen LogP contribution is -2.34. The summed E-state index contributed by atoms with van der Waals surface area (Å²) in [5, 5.41) is 0. The van der Waals surface area contributed by atoms with Crippen LogP contribution in [0.25, 0.3) is 0 Å². The minimum absolute atomic E-state index is 0.369. The molecule has 148 valence electrons. The highest BCUT2D eigenvalue weighted by atomic mass is 16.6. The largest absolute Gasteiger partial charge is 0.485 e. The average molecular weight is 389 g/mol. The molecule has 1 unspecified atom stereocenters. The first-order chi connectivity index (χ1) is 14.2. The van der Waals surface area contributed by atoms with E-state index in [2.05, 4.69) is 0 Å². The Hall–Kier alpha value is -3.15. The van der Waals surface area contributed by atoms with Crippen molar-refractivity contribution >= 4 is 5.97 Å². The molecular formula is C24H23NO4. The van der Waals surface area contributed by atoms with Crippen molar-refractivity contribution in [3.05, 3.63) is 102 Å². The van der Waals surface area contributed by atoms with Gasteiger partial charge in [-0.3, -0.25) is 9.63 Å². The summed E-state index contributed by atoms with van der Waals surface area (Å²) in [6, 6.07) is 27.2. The number of hydrogen-bond acceptors (Lipinski definition) is 5. The molecule has 3 aromatic carbocycles. The van der Waals surface area contributed by atoms with Crippen molar-refractivity contribution in [3.8, 4) is 5.75 Å². The minimum atomic E-state index is -0.711. The lowest BCUT2D eigenvalue weighted by molar-refractivity contribution is -0.154. The Morgan fingerprint density at radius 1 is 0.862 bits per heavy atom. The van der Waals surface area contributed by atoms with Crippen molar-refractivity contribution in [3.63, 3.8) is 0 Å². The zero-order valence-corrected chi connectivity index (χ0v) is 16.1. The summed E-state index contributed by atoms with van der Waals surface area (Å²) in [6.07, 6.45) is -1.14. The highest BCUT2D eigenvalue weighted by molar-refractivity contribution is 5.75. The molecule has 0 saturated carbocycles. The number of carbonyl (C=O) groups is 1. The van der Waals surface area contributed by atoms with E-state index in [0.717, 1.165) is 16.7 Å². The Kier molecular flexibility index (Phi) is 5.60. The fraction of sp³-hybridized carbons (Fsp3) is 0.208. The molecule has 5 nitrogen and oxygen atoms in total. The molecule has 2 N–H and O–H groups in total. The third kappa shape index (κ3) is 3.62. The maximum atomic E-state index is 13.0. The number of rotatable bonds is 4. The van der Waals surface area contributed by atoms with E-state index in [-0.39, 0.29) is 5.92 Å². The Balaban J connectivity index is 1.96. The van der Waals surface area contributed by atoms with Gasteiger partial charge in [0.25, 0.3) is 0 Å². The molecule has 1 aliphatic heterocycles. The molecule has 4 atom stereocenters. The fourth-order valence-corrected chi connectivity index (χ4v) is 4.14. The van der Waals surface area contributed by atoms with Gasteiger partial charge in [0.15, 0.2) is 0 Å². The van der Waals surface area contributed by atoms with Crippen LogP contribution in [0.5, 0.6) is 5.75 Å². The number of benzene rings is 3. The van der Waals surface area contributed by atoms with Gasteiger partial charge in [-0.25, -0.2) is 5.90 Å². The lowest BCUT2D eigenvalue weighted by atomic mass is 9.76. The summed E-state index contributed by atoms with van der Waals surface area (Å²) in [4.78, 5) is 18.4. The second-order valence-corrected chi connectivity index (χ2v) is 7.03. The van der Waals surface area contributed by atoms with Crippen molar-refractivity contribution in [1.29, 1.82) is 0 Å². The van der Waals surface area contributed by atoms with E-state index in [1.54, 1.807) is 0 Å². The van der Waals surface area contributed by atoms with Gasteiger partial charge in [0.05, 0.1) is 7.11 Å². The molecule has 0 aliphatic carbocycles. The van der Waals surface area contributed by atoms with E-state index >= 15 is 0 Å². The van der Waals surface area contributed by atoms with Crippen LogP contribution in [-0.4, -0.2) is 13.1 Å². The van der Waals surface area contributed by atoms with Crippen LogP contribution < -0.4 is 10.6 Å². The predicted molar refractivity (Wildman–Crippen MR) is 109 cm³/mol. The smallest absolute Gasteiger partial charge is 0.312 e. The summed E-state index contributed by atoms with van der Waals surface area (Å²) >= 11 is 0. The van der Waals surface area contributed by atoms with Crippen LogP contribution in [0, 0.1) is 5.92 Å². The van der Waals surface area contributed by atoms with Crippen molar-refractivity contribution in [2.45, 2.75) is 18.1 Å². The van der Waals surface area contributed by atoms with Gasteiger partial charge >= 0.3 is 5.97 Å². The van der Waals surface area contributed by atoms with E-state index in [9.17, 15) is 4.79 Å². The molecule has 0 amide bonds. The van der Waals surface area contributed by atoms with Gasteiger partial charge in [-0.2, -0.15) is 0 Å². The summed E-state index contributed by atoms with van der Waals surface area (Å²) < 4.78 is 11.7. The van der Waals surface area contributed by atoms with Crippen LogP contribution in [0.15, 0.2) is 84.9 Å². The predicted octanol–water partition coefficient (Wildman–Crippen LogP) is 4.32. The molecule has 4 rings (SSSR count). The van der Waals surface area contributed by atoms with Crippen molar-refractivity contribution in [1.82, 2.24) is 0 Å². The van der Waals surface area contributed by atoms with Gasteiger partial charge in [-0.1, -0.05) is 78.9 Å². The zero-order chi connectivity index (χ0) is 20.2. The molecule has 5 heteroatoms. The Morgan fingerprint density at radius 3 is 2.07 bits per heavy atom. The van der Waals surface area contributed by atoms with Gasteiger partial charge < -0.3 is 9.47 Å². The van der Waals surface area contributed by atoms with E-state index in [4.69, 9.17) is 20.2 Å². The number of carbonyl (C=O) groups excluding carboxylic acids is 1. The third-order valence-corrected chi connectivity index (χ3v) is 5.45. The van der Waals surface area contributed by atoms with E-state index in [0.29, 0.717) is 5.75 Å². The Labute approximate surface area is 170 Å². The van der Waals surface area contributed by atoms with Gasteiger partial charge in [-0.15, -0.1) is 0 Å². The number of para-hydroxylation sites is 1. The number of methoxy groups -OCH3 is 1. The molecule has 0 spiro atoms.